The molecule has 0 bridgehead atoms. The Bertz CT molecular complexity index is 615. The number of nitrogens with one attached hydrogen (secondary N) is 2. The van der Waals surface area contributed by atoms with Crippen molar-refractivity contribution in [2.24, 2.45) is 4.99 Å². The average Bonchev–Trinajstić information content (AvgIpc) is 2.67. The number of hydrogen-bond donors (Lipinski definition) is 3. The van der Waals surface area contributed by atoms with Crippen molar-refractivity contribution < 1.29 is 9.50 Å². The highest BCUT2D eigenvalue weighted by Gasteiger charge is 2.19. The normalized spacial score (nSPS) is 16.9. The summed E-state index contributed by atoms with van der Waals surface area (Å²) in [6.07, 6.45) is 5.94. The highest BCUT2D eigenvalue weighted by atomic mass is 19.1. The first kappa shape index (κ1) is 22.5. The predicted octanol–water partition coefficient (Wildman–Crippen LogP) is 3.81. The molecule has 0 saturated carbocycles. The van der Waals surface area contributed by atoms with Gasteiger partial charge in [-0.25, -0.2) is 9.38 Å². The molecule has 1 saturated heterocycles. The van der Waals surface area contributed by atoms with E-state index in [-0.39, 0.29) is 11.9 Å². The van der Waals surface area contributed by atoms with Crippen LogP contribution in [-0.2, 0) is 6.54 Å². The van der Waals surface area contributed by atoms with Gasteiger partial charge in [-0.2, -0.15) is 0 Å². The van der Waals surface area contributed by atoms with Gasteiger partial charge in [0.15, 0.2) is 5.96 Å². The van der Waals surface area contributed by atoms with Crippen molar-refractivity contribution >= 4 is 11.6 Å². The van der Waals surface area contributed by atoms with E-state index in [1.807, 2.05) is 24.0 Å². The number of hydrogen-bond acceptors (Lipinski definition) is 3. The number of piperidine rings is 1. The van der Waals surface area contributed by atoms with Gasteiger partial charge in [0, 0.05) is 25.7 Å². The van der Waals surface area contributed by atoms with Crippen LogP contribution in [0.4, 0.5) is 10.1 Å². The third kappa shape index (κ3) is 7.30. The van der Waals surface area contributed by atoms with E-state index in [0.717, 1.165) is 24.5 Å². The maximum Gasteiger partial charge on any atom is 0.191 e. The quantitative estimate of drug-likeness (QED) is 0.340. The topological polar surface area (TPSA) is 59.9 Å². The van der Waals surface area contributed by atoms with E-state index in [0.29, 0.717) is 44.2 Å². The van der Waals surface area contributed by atoms with E-state index in [4.69, 9.17) is 0 Å². The van der Waals surface area contributed by atoms with Crippen LogP contribution in [0.5, 0.6) is 0 Å². The Labute approximate surface area is 169 Å². The monoisotopic (exact) mass is 392 g/mol. The molecule has 0 radical (unpaired) electrons. The predicted molar refractivity (Wildman–Crippen MR) is 115 cm³/mol. The minimum absolute atomic E-state index is 0.213. The molecule has 2 rings (SSSR count). The van der Waals surface area contributed by atoms with E-state index < -0.39 is 0 Å². The largest absolute Gasteiger partial charge is 0.393 e. The number of benzene rings is 1. The van der Waals surface area contributed by atoms with Gasteiger partial charge in [-0.15, -0.1) is 0 Å². The Morgan fingerprint density at radius 3 is 2.68 bits per heavy atom. The van der Waals surface area contributed by atoms with Gasteiger partial charge in [-0.05, 0) is 50.8 Å². The Balaban J connectivity index is 1.95. The highest BCUT2D eigenvalue weighted by molar-refractivity contribution is 5.80. The number of aliphatic hydroxyl groups is 1. The fourth-order valence-corrected chi connectivity index (χ4v) is 3.51. The summed E-state index contributed by atoms with van der Waals surface area (Å²) in [5.41, 5.74) is 1.48. The lowest BCUT2D eigenvalue weighted by Gasteiger charge is -2.31. The van der Waals surface area contributed by atoms with Crippen LogP contribution in [0.15, 0.2) is 23.2 Å². The summed E-state index contributed by atoms with van der Waals surface area (Å²) in [4.78, 5) is 6.64. The minimum Gasteiger partial charge on any atom is -0.393 e. The van der Waals surface area contributed by atoms with Crippen LogP contribution in [0.1, 0.15) is 64.9 Å². The zero-order chi connectivity index (χ0) is 20.4. The lowest BCUT2D eigenvalue weighted by Crippen LogP contribution is -2.42. The molecule has 1 aromatic carbocycles. The summed E-state index contributed by atoms with van der Waals surface area (Å²) in [5, 5.41) is 16.3. The fraction of sp³-hybridized carbons (Fsp3) is 0.682. The number of halogens is 1. The minimum atomic E-state index is -0.255. The second kappa shape index (κ2) is 11.9. The fourth-order valence-electron chi connectivity index (χ4n) is 3.51. The van der Waals surface area contributed by atoms with Gasteiger partial charge in [0.05, 0.1) is 18.3 Å². The molecule has 1 aliphatic rings. The molecule has 3 N–H and O–H groups in total. The first-order valence-corrected chi connectivity index (χ1v) is 10.8. The van der Waals surface area contributed by atoms with Crippen LogP contribution >= 0.6 is 0 Å². The second-order valence-electron chi connectivity index (χ2n) is 7.74. The molecule has 28 heavy (non-hydrogen) atoms. The molecule has 5 nitrogen and oxygen atoms in total. The van der Waals surface area contributed by atoms with Crippen LogP contribution in [-0.4, -0.2) is 42.8 Å². The van der Waals surface area contributed by atoms with Crippen LogP contribution in [0.25, 0.3) is 0 Å². The van der Waals surface area contributed by atoms with Crippen LogP contribution in [0.3, 0.4) is 0 Å². The van der Waals surface area contributed by atoms with E-state index in [1.54, 1.807) is 6.07 Å². The molecule has 158 valence electrons. The van der Waals surface area contributed by atoms with Gasteiger partial charge in [-0.3, -0.25) is 0 Å². The maximum absolute atomic E-state index is 14.6. The lowest BCUT2D eigenvalue weighted by atomic mass is 10.1. The summed E-state index contributed by atoms with van der Waals surface area (Å²) in [5.74, 6) is 0.566. The smallest absolute Gasteiger partial charge is 0.191 e. The first-order chi connectivity index (χ1) is 13.5. The van der Waals surface area contributed by atoms with Gasteiger partial charge in [-0.1, -0.05) is 32.3 Å². The number of aliphatic hydroxyl groups excluding tert-OH is 1. The molecule has 1 fully saturated rings. The summed E-state index contributed by atoms with van der Waals surface area (Å²) < 4.78 is 14.6. The van der Waals surface area contributed by atoms with Crippen molar-refractivity contribution in [3.8, 4) is 0 Å². The second-order valence-corrected chi connectivity index (χ2v) is 7.74. The Morgan fingerprint density at radius 1 is 1.29 bits per heavy atom. The average molecular weight is 393 g/mol. The van der Waals surface area contributed by atoms with Gasteiger partial charge in [0.1, 0.15) is 5.82 Å². The number of guanidine groups is 1. The standard InChI is InChI=1S/C22H37FN4O/c1-4-6-7-8-17(3)26-22(24-5-2)25-16-18-9-10-21(20(23)15-18)27-13-11-19(28)12-14-27/h9-10,15,17,19,28H,4-8,11-14,16H2,1-3H3,(H2,24,25,26). The molecular formula is C22H37FN4O. The Morgan fingerprint density at radius 2 is 2.04 bits per heavy atom. The molecule has 0 aromatic heterocycles. The third-order valence-electron chi connectivity index (χ3n) is 5.21. The molecule has 0 aliphatic carbocycles. The molecular weight excluding hydrogens is 355 g/mol. The molecule has 1 atom stereocenters. The van der Waals surface area contributed by atoms with Crippen molar-refractivity contribution in [3.63, 3.8) is 0 Å². The summed E-state index contributed by atoms with van der Waals surface area (Å²) >= 11 is 0. The summed E-state index contributed by atoms with van der Waals surface area (Å²) in [7, 11) is 0. The Kier molecular flexibility index (Phi) is 9.55. The molecule has 0 spiro atoms. The van der Waals surface area contributed by atoms with E-state index >= 15 is 0 Å². The third-order valence-corrected chi connectivity index (χ3v) is 5.21. The number of unbranched alkanes of at least 4 members (excludes halogenated alkanes) is 2. The molecule has 1 aliphatic heterocycles. The first-order valence-electron chi connectivity index (χ1n) is 10.8. The van der Waals surface area contributed by atoms with Crippen LogP contribution in [0.2, 0.25) is 0 Å². The van der Waals surface area contributed by atoms with E-state index in [2.05, 4.69) is 29.5 Å². The van der Waals surface area contributed by atoms with Crippen molar-refractivity contribution in [2.45, 2.75) is 78.0 Å². The summed E-state index contributed by atoms with van der Waals surface area (Å²) in [6, 6.07) is 5.73. The lowest BCUT2D eigenvalue weighted by molar-refractivity contribution is 0.145. The zero-order valence-corrected chi connectivity index (χ0v) is 17.7. The SMILES string of the molecule is CCCCCC(C)NC(=NCc1ccc(N2CCC(O)CC2)c(F)c1)NCC. The number of anilines is 1. The molecule has 1 aromatic rings. The van der Waals surface area contributed by atoms with Crippen LogP contribution < -0.4 is 15.5 Å². The van der Waals surface area contributed by atoms with Crippen molar-refractivity contribution in [1.82, 2.24) is 10.6 Å². The summed E-state index contributed by atoms with van der Waals surface area (Å²) in [6.45, 7) is 9.05. The van der Waals surface area contributed by atoms with E-state index in [1.165, 1.54) is 19.3 Å². The van der Waals surface area contributed by atoms with Crippen molar-refractivity contribution in [1.29, 1.82) is 0 Å². The molecule has 0 amide bonds. The van der Waals surface area contributed by atoms with Crippen LogP contribution in [0, 0.1) is 5.82 Å². The number of rotatable bonds is 9. The zero-order valence-electron chi connectivity index (χ0n) is 17.7. The highest BCUT2D eigenvalue weighted by Crippen LogP contribution is 2.24. The number of nitrogens with zero attached hydrogens (tertiary/aromatic N) is 2. The van der Waals surface area contributed by atoms with E-state index in [9.17, 15) is 9.50 Å². The van der Waals surface area contributed by atoms with Gasteiger partial charge in [0.2, 0.25) is 0 Å². The van der Waals surface area contributed by atoms with Gasteiger partial charge < -0.3 is 20.6 Å². The van der Waals surface area contributed by atoms with Gasteiger partial charge >= 0.3 is 0 Å². The van der Waals surface area contributed by atoms with Gasteiger partial charge in [0.25, 0.3) is 0 Å². The van der Waals surface area contributed by atoms with Crippen molar-refractivity contribution in [3.05, 3.63) is 29.6 Å². The maximum atomic E-state index is 14.6. The molecule has 1 unspecified atom stereocenters. The molecule has 6 heteroatoms. The molecule has 1 heterocycles. The number of aliphatic imine (C=N–C) groups is 1. The Hall–Kier alpha value is -1.82. The van der Waals surface area contributed by atoms with Crippen molar-refractivity contribution in [2.75, 3.05) is 24.5 Å².